The molecule has 0 radical (unpaired) electrons. The molecule has 3 rings (SSSR count). The summed E-state index contributed by atoms with van der Waals surface area (Å²) >= 11 is 0. The van der Waals surface area contributed by atoms with Crippen LogP contribution in [0.2, 0.25) is 0 Å². The third-order valence-corrected chi connectivity index (χ3v) is 4.30. The van der Waals surface area contributed by atoms with Crippen molar-refractivity contribution in [2.24, 2.45) is 5.73 Å². The minimum Gasteiger partial charge on any atom is -0.319 e. The van der Waals surface area contributed by atoms with Crippen LogP contribution in [0, 0.1) is 0 Å². The van der Waals surface area contributed by atoms with Gasteiger partial charge in [-0.15, -0.1) is 10.2 Å². The predicted octanol–water partition coefficient (Wildman–Crippen LogP) is 2.12. The summed E-state index contributed by atoms with van der Waals surface area (Å²) in [7, 11) is 0. The molecule has 17 heavy (non-hydrogen) atoms. The molecular weight excluding hydrogens is 212 g/mol. The van der Waals surface area contributed by atoms with E-state index in [4.69, 9.17) is 5.73 Å². The number of nitrogens with zero attached hydrogens (tertiary/aromatic N) is 3. The van der Waals surface area contributed by atoms with Gasteiger partial charge in [-0.1, -0.05) is 25.7 Å². The van der Waals surface area contributed by atoms with Crippen molar-refractivity contribution >= 4 is 0 Å². The van der Waals surface area contributed by atoms with Gasteiger partial charge in [0.25, 0.3) is 0 Å². The molecular formula is C13H22N4. The van der Waals surface area contributed by atoms with E-state index in [-0.39, 0.29) is 5.54 Å². The maximum Gasteiger partial charge on any atom is 0.153 e. The van der Waals surface area contributed by atoms with Crippen molar-refractivity contribution in [2.75, 3.05) is 0 Å². The van der Waals surface area contributed by atoms with E-state index in [1.165, 1.54) is 38.5 Å². The zero-order chi connectivity index (χ0) is 11.7. The number of aryl methyl sites for hydroxylation is 1. The maximum atomic E-state index is 6.63. The summed E-state index contributed by atoms with van der Waals surface area (Å²) in [6, 6.07) is 0. The van der Waals surface area contributed by atoms with Crippen LogP contribution in [0.15, 0.2) is 0 Å². The van der Waals surface area contributed by atoms with Gasteiger partial charge < -0.3 is 10.3 Å². The number of nitrogens with two attached hydrogens (primary N) is 1. The Morgan fingerprint density at radius 2 is 1.71 bits per heavy atom. The topological polar surface area (TPSA) is 56.7 Å². The summed E-state index contributed by atoms with van der Waals surface area (Å²) in [4.78, 5) is 0. The van der Waals surface area contributed by atoms with Crippen molar-refractivity contribution in [2.45, 2.75) is 69.9 Å². The Balaban J connectivity index is 1.93. The predicted molar refractivity (Wildman–Crippen MR) is 66.5 cm³/mol. The lowest BCUT2D eigenvalue weighted by molar-refractivity contribution is 0.338. The molecule has 0 amide bonds. The number of hydrogen-bond acceptors (Lipinski definition) is 3. The molecule has 4 heteroatoms. The average molecular weight is 234 g/mol. The Labute approximate surface area is 103 Å². The van der Waals surface area contributed by atoms with Crippen LogP contribution in [-0.4, -0.2) is 14.8 Å². The highest BCUT2D eigenvalue weighted by atomic mass is 15.3. The molecule has 4 nitrogen and oxygen atoms in total. The fraction of sp³-hybridized carbons (Fsp3) is 0.846. The highest BCUT2D eigenvalue weighted by Gasteiger charge is 2.34. The van der Waals surface area contributed by atoms with E-state index in [1.807, 2.05) is 0 Å². The second-order valence-electron chi connectivity index (χ2n) is 5.62. The molecule has 0 spiro atoms. The maximum absolute atomic E-state index is 6.63. The summed E-state index contributed by atoms with van der Waals surface area (Å²) in [6.07, 6.45) is 10.8. The molecule has 1 aliphatic heterocycles. The van der Waals surface area contributed by atoms with Gasteiger partial charge in [-0.3, -0.25) is 0 Å². The molecule has 0 saturated heterocycles. The van der Waals surface area contributed by atoms with Crippen molar-refractivity contribution in [3.63, 3.8) is 0 Å². The number of hydrogen-bond donors (Lipinski definition) is 1. The number of aromatic nitrogens is 3. The van der Waals surface area contributed by atoms with E-state index in [9.17, 15) is 0 Å². The Kier molecular flexibility index (Phi) is 2.90. The summed E-state index contributed by atoms with van der Waals surface area (Å²) in [6.45, 7) is 1.07. The van der Waals surface area contributed by atoms with Gasteiger partial charge in [0.05, 0.1) is 5.54 Å². The van der Waals surface area contributed by atoms with Gasteiger partial charge in [-0.25, -0.2) is 0 Å². The lowest BCUT2D eigenvalue weighted by Gasteiger charge is -2.28. The van der Waals surface area contributed by atoms with Gasteiger partial charge in [-0.2, -0.15) is 0 Å². The Morgan fingerprint density at radius 3 is 2.47 bits per heavy atom. The second kappa shape index (κ2) is 4.41. The van der Waals surface area contributed by atoms with Gasteiger partial charge in [0.2, 0.25) is 0 Å². The van der Waals surface area contributed by atoms with Gasteiger partial charge in [0.15, 0.2) is 5.82 Å². The highest BCUT2D eigenvalue weighted by molar-refractivity contribution is 5.10. The van der Waals surface area contributed by atoms with E-state index >= 15 is 0 Å². The zero-order valence-corrected chi connectivity index (χ0v) is 10.5. The van der Waals surface area contributed by atoms with Crippen LogP contribution in [0.1, 0.15) is 63.0 Å². The third-order valence-electron chi connectivity index (χ3n) is 4.30. The van der Waals surface area contributed by atoms with Crippen molar-refractivity contribution in [3.05, 3.63) is 11.6 Å². The molecule has 2 N–H and O–H groups in total. The largest absolute Gasteiger partial charge is 0.319 e. The van der Waals surface area contributed by atoms with Crippen molar-refractivity contribution in [1.82, 2.24) is 14.8 Å². The SMILES string of the molecule is NC1(c2nnc3n2CCCC3)CCCCCC1. The molecule has 1 aliphatic carbocycles. The fourth-order valence-corrected chi connectivity index (χ4v) is 3.26. The van der Waals surface area contributed by atoms with Crippen LogP contribution in [0.4, 0.5) is 0 Å². The quantitative estimate of drug-likeness (QED) is 0.757. The van der Waals surface area contributed by atoms with E-state index in [0.717, 1.165) is 37.5 Å². The lowest BCUT2D eigenvalue weighted by atomic mass is 9.90. The molecule has 0 unspecified atom stereocenters. The van der Waals surface area contributed by atoms with Crippen LogP contribution in [0.25, 0.3) is 0 Å². The molecule has 0 atom stereocenters. The van der Waals surface area contributed by atoms with Crippen LogP contribution < -0.4 is 5.73 Å². The van der Waals surface area contributed by atoms with Gasteiger partial charge in [0, 0.05) is 13.0 Å². The minimum atomic E-state index is -0.209. The molecule has 0 bridgehead atoms. The second-order valence-corrected chi connectivity index (χ2v) is 5.62. The van der Waals surface area contributed by atoms with Crippen LogP contribution in [0.5, 0.6) is 0 Å². The Bertz CT molecular complexity index is 388. The molecule has 1 aromatic heterocycles. The first-order valence-electron chi connectivity index (χ1n) is 7.01. The molecule has 0 aromatic carbocycles. The first kappa shape index (κ1) is 11.2. The van der Waals surface area contributed by atoms with Gasteiger partial charge >= 0.3 is 0 Å². The van der Waals surface area contributed by atoms with Gasteiger partial charge in [0.1, 0.15) is 5.82 Å². The number of fused-ring (bicyclic) bond motifs is 1. The van der Waals surface area contributed by atoms with Crippen LogP contribution in [0.3, 0.4) is 0 Å². The molecule has 1 saturated carbocycles. The zero-order valence-electron chi connectivity index (χ0n) is 10.5. The number of rotatable bonds is 1. The lowest BCUT2D eigenvalue weighted by Crippen LogP contribution is -2.39. The summed E-state index contributed by atoms with van der Waals surface area (Å²) < 4.78 is 2.30. The fourth-order valence-electron chi connectivity index (χ4n) is 3.26. The first-order chi connectivity index (χ1) is 8.30. The van der Waals surface area contributed by atoms with E-state index in [0.29, 0.717) is 0 Å². The third kappa shape index (κ3) is 1.99. The summed E-state index contributed by atoms with van der Waals surface area (Å²) in [5.41, 5.74) is 6.42. The summed E-state index contributed by atoms with van der Waals surface area (Å²) in [5, 5.41) is 8.76. The normalized spacial score (nSPS) is 24.1. The van der Waals surface area contributed by atoms with E-state index in [2.05, 4.69) is 14.8 Å². The Hall–Kier alpha value is -0.900. The van der Waals surface area contributed by atoms with Crippen molar-refractivity contribution < 1.29 is 0 Å². The minimum absolute atomic E-state index is 0.209. The van der Waals surface area contributed by atoms with Crippen molar-refractivity contribution in [1.29, 1.82) is 0 Å². The van der Waals surface area contributed by atoms with Gasteiger partial charge in [-0.05, 0) is 25.7 Å². The molecule has 2 aliphatic rings. The summed E-state index contributed by atoms with van der Waals surface area (Å²) in [5.74, 6) is 2.22. The standard InChI is InChI=1S/C13H22N4/c14-13(8-4-1-2-5-9-13)12-16-15-11-7-3-6-10-17(11)12/h1-10,14H2. The molecule has 94 valence electrons. The smallest absolute Gasteiger partial charge is 0.153 e. The molecule has 1 aromatic rings. The molecule has 2 heterocycles. The van der Waals surface area contributed by atoms with Crippen LogP contribution >= 0.6 is 0 Å². The highest BCUT2D eigenvalue weighted by Crippen LogP contribution is 2.33. The van der Waals surface area contributed by atoms with E-state index < -0.39 is 0 Å². The monoisotopic (exact) mass is 234 g/mol. The Morgan fingerprint density at radius 1 is 0.941 bits per heavy atom. The first-order valence-corrected chi connectivity index (χ1v) is 7.01. The van der Waals surface area contributed by atoms with Crippen LogP contribution in [-0.2, 0) is 18.5 Å². The van der Waals surface area contributed by atoms with Crippen molar-refractivity contribution in [3.8, 4) is 0 Å². The molecule has 1 fully saturated rings. The average Bonchev–Trinajstić information content (AvgIpc) is 2.67. The van der Waals surface area contributed by atoms with E-state index in [1.54, 1.807) is 0 Å².